The van der Waals surface area contributed by atoms with E-state index >= 15 is 0 Å². The topological polar surface area (TPSA) is 37.3 Å². The smallest absolute Gasteiger partial charge is 0.129 e. The molecule has 0 aromatic heterocycles. The lowest BCUT2D eigenvalue weighted by molar-refractivity contribution is -0.112. The Kier molecular flexibility index (Phi) is 4.93. The van der Waals surface area contributed by atoms with Crippen molar-refractivity contribution in [2.24, 2.45) is 5.92 Å². The van der Waals surface area contributed by atoms with Gasteiger partial charge in [-0.05, 0) is 29.2 Å². The lowest BCUT2D eigenvalue weighted by Gasteiger charge is -2.42. The third-order valence-electron chi connectivity index (χ3n) is 5.58. The van der Waals surface area contributed by atoms with Crippen LogP contribution < -0.4 is 0 Å². The Morgan fingerprint density at radius 3 is 1.62 bits per heavy atom. The zero-order valence-electron chi connectivity index (χ0n) is 17.3. The van der Waals surface area contributed by atoms with Crippen LogP contribution in [0.3, 0.4) is 0 Å². The van der Waals surface area contributed by atoms with E-state index in [-0.39, 0.29) is 0 Å². The average molecular weight is 381 g/mol. The van der Waals surface area contributed by atoms with Gasteiger partial charge in [0.1, 0.15) is 6.29 Å². The molecule has 2 heteroatoms. The van der Waals surface area contributed by atoms with Crippen LogP contribution in [0.5, 0.6) is 0 Å². The first-order chi connectivity index (χ1) is 14.5. The number of allylic oxidation sites excluding steroid dienone is 2. The molecule has 0 heterocycles. The van der Waals surface area contributed by atoms with E-state index in [0.717, 1.165) is 22.3 Å². The molecule has 2 atom stereocenters. The Labute approximate surface area is 173 Å². The minimum Gasteiger partial charge on any atom is -0.388 e. The SMILES string of the molecule is [2H]C1(O)C(C(c2ccccc2)(c2ccccc2)c2ccccc2)=CC(C)=CC1C=O. The fraction of sp³-hybridized carbons (Fsp3) is 0.148. The van der Waals surface area contributed by atoms with Crippen LogP contribution in [0.1, 0.15) is 25.0 Å². The summed E-state index contributed by atoms with van der Waals surface area (Å²) in [5.74, 6) is -0.951. The Hall–Kier alpha value is -3.23. The molecule has 0 bridgehead atoms. The average Bonchev–Trinajstić information content (AvgIpc) is 2.78. The van der Waals surface area contributed by atoms with Gasteiger partial charge >= 0.3 is 0 Å². The Balaban J connectivity index is 2.16. The third-order valence-corrected chi connectivity index (χ3v) is 5.58. The Bertz CT molecular complexity index is 987. The Morgan fingerprint density at radius 1 is 0.828 bits per heavy atom. The van der Waals surface area contributed by atoms with Crippen LogP contribution in [-0.4, -0.2) is 17.5 Å². The summed E-state index contributed by atoms with van der Waals surface area (Å²) >= 11 is 0. The maximum Gasteiger partial charge on any atom is 0.129 e. The molecule has 1 aliphatic rings. The summed E-state index contributed by atoms with van der Waals surface area (Å²) in [5.41, 5.74) is 3.18. The summed E-state index contributed by atoms with van der Waals surface area (Å²) in [6.07, 6.45) is 2.09. The van der Waals surface area contributed by atoms with Crippen LogP contribution in [0.25, 0.3) is 0 Å². The normalized spacial score (nSPS) is 22.3. The van der Waals surface area contributed by atoms with E-state index in [1.165, 1.54) is 0 Å². The number of carbonyl (C=O) groups is 1. The van der Waals surface area contributed by atoms with Gasteiger partial charge in [0.05, 0.1) is 18.8 Å². The lowest BCUT2D eigenvalue weighted by atomic mass is 9.61. The summed E-state index contributed by atoms with van der Waals surface area (Å²) in [4.78, 5) is 11.9. The van der Waals surface area contributed by atoms with Gasteiger partial charge in [0, 0.05) is 0 Å². The highest BCUT2D eigenvalue weighted by Crippen LogP contribution is 2.48. The molecule has 0 aliphatic heterocycles. The minimum absolute atomic E-state index is 0.468. The molecule has 0 spiro atoms. The highest BCUT2D eigenvalue weighted by atomic mass is 16.3. The van der Waals surface area contributed by atoms with Gasteiger partial charge in [-0.15, -0.1) is 0 Å². The molecule has 0 saturated carbocycles. The predicted octanol–water partition coefficient (Wildman–Crippen LogP) is 5.08. The van der Waals surface area contributed by atoms with Gasteiger partial charge in [0.15, 0.2) is 0 Å². The summed E-state index contributed by atoms with van der Waals surface area (Å²) in [6.45, 7) is 1.90. The molecule has 0 saturated heterocycles. The van der Waals surface area contributed by atoms with E-state index in [4.69, 9.17) is 1.37 Å². The molecule has 4 rings (SSSR count). The summed E-state index contributed by atoms with van der Waals surface area (Å²) in [7, 11) is 0. The molecule has 2 nitrogen and oxygen atoms in total. The van der Waals surface area contributed by atoms with Crippen LogP contribution in [0, 0.1) is 5.92 Å². The van der Waals surface area contributed by atoms with E-state index in [9.17, 15) is 9.90 Å². The van der Waals surface area contributed by atoms with Crippen LogP contribution in [0.15, 0.2) is 114 Å². The fourth-order valence-electron chi connectivity index (χ4n) is 4.33. The van der Waals surface area contributed by atoms with E-state index in [1.807, 2.05) is 104 Å². The summed E-state index contributed by atoms with van der Waals surface area (Å²) in [5, 5.41) is 11.5. The van der Waals surface area contributed by atoms with E-state index in [2.05, 4.69) is 0 Å². The molecular formula is C27H24O2. The van der Waals surface area contributed by atoms with Crippen LogP contribution in [0.2, 0.25) is 0 Å². The predicted molar refractivity (Wildman–Crippen MR) is 117 cm³/mol. The summed E-state index contributed by atoms with van der Waals surface area (Å²) in [6, 6.07) is 29.7. The molecule has 0 radical (unpaired) electrons. The molecule has 0 fully saturated rings. The van der Waals surface area contributed by atoms with Gasteiger partial charge in [-0.2, -0.15) is 0 Å². The van der Waals surface area contributed by atoms with Gasteiger partial charge in [0.25, 0.3) is 0 Å². The number of rotatable bonds is 5. The number of benzene rings is 3. The van der Waals surface area contributed by atoms with Crippen LogP contribution in [0.4, 0.5) is 0 Å². The number of hydrogen-bond acceptors (Lipinski definition) is 2. The molecular weight excluding hydrogens is 356 g/mol. The maximum atomic E-state index is 11.9. The van der Waals surface area contributed by atoms with Crippen molar-refractivity contribution >= 4 is 6.29 Å². The standard InChI is InChI=1S/C27H24O2/c1-20-17-21(19-28)26(29)25(18-20)27(22-11-5-2-6-12-22,23-13-7-3-8-14-23)24-15-9-4-10-16-24/h2-19,21,26,29H,1H3/i26D. The van der Waals surface area contributed by atoms with Crippen molar-refractivity contribution in [2.75, 3.05) is 0 Å². The zero-order valence-corrected chi connectivity index (χ0v) is 16.3. The lowest BCUT2D eigenvalue weighted by Crippen LogP contribution is -2.41. The van der Waals surface area contributed by atoms with Crippen molar-refractivity contribution in [3.05, 3.63) is 131 Å². The highest BCUT2D eigenvalue weighted by molar-refractivity contribution is 5.67. The number of carbonyl (C=O) groups excluding carboxylic acids is 1. The largest absolute Gasteiger partial charge is 0.388 e. The van der Waals surface area contributed by atoms with Gasteiger partial charge < -0.3 is 9.90 Å². The van der Waals surface area contributed by atoms with E-state index in [1.54, 1.807) is 6.08 Å². The van der Waals surface area contributed by atoms with Gasteiger partial charge in [0.2, 0.25) is 0 Å². The fourth-order valence-corrected chi connectivity index (χ4v) is 4.33. The quantitative estimate of drug-likeness (QED) is 0.494. The number of aldehydes is 1. The molecule has 144 valence electrons. The first-order valence-electron chi connectivity index (χ1n) is 10.3. The second kappa shape index (κ2) is 8.02. The van der Waals surface area contributed by atoms with Crippen molar-refractivity contribution in [3.8, 4) is 0 Å². The molecule has 1 aliphatic carbocycles. The van der Waals surface area contributed by atoms with Gasteiger partial charge in [-0.1, -0.05) is 109 Å². The maximum absolute atomic E-state index is 11.9. The first-order valence-corrected chi connectivity index (χ1v) is 9.76. The second-order valence-corrected chi connectivity index (χ2v) is 7.36. The molecule has 1 N–H and O–H groups in total. The zero-order chi connectivity index (χ0) is 21.2. The second-order valence-electron chi connectivity index (χ2n) is 7.36. The van der Waals surface area contributed by atoms with Crippen molar-refractivity contribution in [2.45, 2.75) is 18.4 Å². The van der Waals surface area contributed by atoms with E-state index < -0.39 is 17.4 Å². The van der Waals surface area contributed by atoms with Crippen LogP contribution in [-0.2, 0) is 10.2 Å². The first kappa shape index (κ1) is 17.8. The van der Waals surface area contributed by atoms with Crippen molar-refractivity contribution in [3.63, 3.8) is 0 Å². The third kappa shape index (κ3) is 3.26. The molecule has 3 aromatic carbocycles. The molecule has 0 amide bonds. The van der Waals surface area contributed by atoms with Gasteiger partial charge in [-0.25, -0.2) is 0 Å². The Morgan fingerprint density at radius 2 is 1.24 bits per heavy atom. The molecule has 29 heavy (non-hydrogen) atoms. The van der Waals surface area contributed by atoms with Crippen molar-refractivity contribution in [1.29, 1.82) is 0 Å². The van der Waals surface area contributed by atoms with Crippen molar-refractivity contribution in [1.82, 2.24) is 0 Å². The summed E-state index contributed by atoms with van der Waals surface area (Å²) < 4.78 is 8.95. The minimum atomic E-state index is -2.09. The van der Waals surface area contributed by atoms with Crippen molar-refractivity contribution < 1.29 is 11.3 Å². The molecule has 2 unspecified atom stereocenters. The van der Waals surface area contributed by atoms with Crippen LogP contribution >= 0.6 is 0 Å². The highest BCUT2D eigenvalue weighted by Gasteiger charge is 2.44. The van der Waals surface area contributed by atoms with Gasteiger partial charge in [-0.3, -0.25) is 0 Å². The number of aliphatic hydroxyl groups is 1. The van der Waals surface area contributed by atoms with E-state index in [0.29, 0.717) is 11.9 Å². The molecule has 3 aromatic rings. The monoisotopic (exact) mass is 381 g/mol. The number of hydrogen-bond donors (Lipinski definition) is 1.